The number of rotatable bonds is 8. The molecule has 12 heteroatoms. The summed E-state index contributed by atoms with van der Waals surface area (Å²) in [7, 11) is 0. The van der Waals surface area contributed by atoms with Gasteiger partial charge in [0.05, 0.1) is 44.5 Å². The minimum Gasteiger partial charge on any atom is -0.494 e. The monoisotopic (exact) mass is 607 g/mol. The molecule has 0 radical (unpaired) electrons. The van der Waals surface area contributed by atoms with Crippen LogP contribution < -0.4 is 19.6 Å². The maximum atomic E-state index is 13.9. The van der Waals surface area contributed by atoms with E-state index in [0.717, 1.165) is 0 Å². The average Bonchev–Trinajstić information content (AvgIpc) is 3.52. The first-order valence-corrected chi connectivity index (χ1v) is 14.3. The Hall–Kier alpha value is -4.48. The lowest BCUT2D eigenvalue weighted by Crippen LogP contribution is -2.40. The van der Waals surface area contributed by atoms with E-state index in [9.17, 15) is 19.7 Å². The Morgan fingerprint density at radius 2 is 1.95 bits per heavy atom. The third kappa shape index (κ3) is 5.65. The maximum absolute atomic E-state index is 13.9. The van der Waals surface area contributed by atoms with Crippen molar-refractivity contribution in [1.82, 2.24) is 4.57 Å². The summed E-state index contributed by atoms with van der Waals surface area (Å²) in [5, 5.41) is 11.2. The van der Waals surface area contributed by atoms with Crippen molar-refractivity contribution in [3.05, 3.63) is 112 Å². The van der Waals surface area contributed by atoms with Gasteiger partial charge in [-0.25, -0.2) is 9.79 Å². The van der Waals surface area contributed by atoms with E-state index in [1.165, 1.54) is 34.1 Å². The van der Waals surface area contributed by atoms with Gasteiger partial charge in [-0.05, 0) is 63.6 Å². The minimum atomic E-state index is -0.767. The van der Waals surface area contributed by atoms with Crippen molar-refractivity contribution in [3.63, 3.8) is 0 Å². The second-order valence-electron chi connectivity index (χ2n) is 9.66. The molecule has 0 spiro atoms. The van der Waals surface area contributed by atoms with Crippen molar-refractivity contribution in [1.29, 1.82) is 0 Å². The minimum absolute atomic E-state index is 0.134. The fraction of sp³-hybridized carbons (Fsp3) is 0.233. The number of hydrogen-bond acceptors (Lipinski definition) is 9. The lowest BCUT2D eigenvalue weighted by Gasteiger charge is -2.25. The Morgan fingerprint density at radius 1 is 1.21 bits per heavy atom. The number of fused-ring (bicyclic) bond motifs is 1. The summed E-state index contributed by atoms with van der Waals surface area (Å²) in [5.74, 6) is 0.880. The number of esters is 1. The van der Waals surface area contributed by atoms with E-state index in [-0.39, 0.29) is 27.9 Å². The molecule has 216 valence electrons. The molecule has 0 N–H and O–H groups in total. The van der Waals surface area contributed by atoms with Gasteiger partial charge in [0.2, 0.25) is 0 Å². The van der Waals surface area contributed by atoms with Gasteiger partial charge < -0.3 is 13.9 Å². The number of aromatic nitrogens is 1. The first-order chi connectivity index (χ1) is 20.1. The van der Waals surface area contributed by atoms with E-state index in [4.69, 9.17) is 25.5 Å². The number of nitro groups is 1. The van der Waals surface area contributed by atoms with E-state index >= 15 is 0 Å². The Balaban J connectivity index is 1.59. The molecule has 1 atom stereocenters. The fourth-order valence-electron chi connectivity index (χ4n) is 4.61. The smallest absolute Gasteiger partial charge is 0.338 e. The number of allylic oxidation sites excluding steroid dienone is 1. The van der Waals surface area contributed by atoms with Crippen LogP contribution in [-0.4, -0.2) is 28.2 Å². The quantitative estimate of drug-likeness (QED) is 0.149. The van der Waals surface area contributed by atoms with Gasteiger partial charge in [-0.2, -0.15) is 0 Å². The molecule has 0 unspecified atom stereocenters. The van der Waals surface area contributed by atoms with Gasteiger partial charge in [-0.1, -0.05) is 35.1 Å². The van der Waals surface area contributed by atoms with Gasteiger partial charge >= 0.3 is 5.97 Å². The SMILES string of the molecule is CCOc1ccc([C@@H]2C(C(=O)OC(C)C)=C(C)N=c3s/c(=C/c4ccc(-c5ccc([N+](=O)[O-])cc5Cl)o4)c(=O)n32)cc1. The first-order valence-electron chi connectivity index (χ1n) is 13.1. The molecule has 3 heterocycles. The summed E-state index contributed by atoms with van der Waals surface area (Å²) in [6, 6.07) is 13.9. The number of thiazole rings is 1. The van der Waals surface area contributed by atoms with Crippen LogP contribution in [0.25, 0.3) is 17.4 Å². The van der Waals surface area contributed by atoms with Crippen molar-refractivity contribution >= 4 is 40.7 Å². The zero-order chi connectivity index (χ0) is 30.1. The summed E-state index contributed by atoms with van der Waals surface area (Å²) >= 11 is 7.44. The van der Waals surface area contributed by atoms with Crippen molar-refractivity contribution in [2.45, 2.75) is 39.8 Å². The summed E-state index contributed by atoms with van der Waals surface area (Å²) in [6.07, 6.45) is 1.23. The lowest BCUT2D eigenvalue weighted by molar-refractivity contribution is -0.384. The topological polar surface area (TPSA) is 126 Å². The van der Waals surface area contributed by atoms with Gasteiger partial charge in [0.1, 0.15) is 17.3 Å². The molecule has 5 rings (SSSR count). The van der Waals surface area contributed by atoms with Crippen LogP contribution in [0.2, 0.25) is 5.02 Å². The molecule has 4 aromatic rings. The third-order valence-corrected chi connectivity index (χ3v) is 7.72. The molecule has 1 aliphatic heterocycles. The zero-order valence-electron chi connectivity index (χ0n) is 23.1. The predicted molar refractivity (Wildman–Crippen MR) is 158 cm³/mol. The van der Waals surface area contributed by atoms with Gasteiger partial charge in [0, 0.05) is 23.8 Å². The molecule has 0 bridgehead atoms. The number of nitro benzene ring substituents is 1. The third-order valence-electron chi connectivity index (χ3n) is 6.42. The Labute approximate surface area is 248 Å². The van der Waals surface area contributed by atoms with Crippen molar-refractivity contribution < 1.29 is 23.6 Å². The molecule has 0 saturated carbocycles. The number of carbonyl (C=O) groups is 1. The molecular weight excluding hydrogens is 582 g/mol. The molecule has 2 aromatic carbocycles. The molecule has 0 saturated heterocycles. The fourth-order valence-corrected chi connectivity index (χ4v) is 5.91. The molecule has 0 amide bonds. The highest BCUT2D eigenvalue weighted by molar-refractivity contribution is 7.07. The van der Waals surface area contributed by atoms with Crippen molar-refractivity contribution in [2.75, 3.05) is 6.61 Å². The van der Waals surface area contributed by atoms with Crippen LogP contribution in [0.15, 0.2) is 80.1 Å². The van der Waals surface area contributed by atoms with Crippen LogP contribution in [0.4, 0.5) is 5.69 Å². The van der Waals surface area contributed by atoms with Crippen LogP contribution in [0.1, 0.15) is 45.1 Å². The largest absolute Gasteiger partial charge is 0.494 e. The number of non-ortho nitro benzene ring substituents is 1. The van der Waals surface area contributed by atoms with E-state index < -0.39 is 16.9 Å². The van der Waals surface area contributed by atoms with E-state index in [2.05, 4.69) is 4.99 Å². The summed E-state index contributed by atoms with van der Waals surface area (Å²) in [6.45, 7) is 7.64. The summed E-state index contributed by atoms with van der Waals surface area (Å²) < 4.78 is 18.9. The molecular formula is C30H26ClN3O7S. The Bertz CT molecular complexity index is 1900. The van der Waals surface area contributed by atoms with Gasteiger partial charge in [0.25, 0.3) is 11.2 Å². The van der Waals surface area contributed by atoms with Gasteiger partial charge in [-0.15, -0.1) is 0 Å². The molecule has 0 fully saturated rings. The Morgan fingerprint density at radius 3 is 2.60 bits per heavy atom. The van der Waals surface area contributed by atoms with Crippen molar-refractivity contribution in [2.24, 2.45) is 4.99 Å². The molecule has 1 aliphatic rings. The number of carbonyl (C=O) groups excluding carboxylic acids is 1. The van der Waals surface area contributed by atoms with Crippen LogP contribution in [0, 0.1) is 10.1 Å². The standard InChI is InChI=1S/C30H26ClN3O7S/c1-5-39-20-9-6-18(7-10-20)27-26(29(36)40-16(2)3)17(4)32-30-33(27)28(35)25(42-30)15-21-11-13-24(41-21)22-12-8-19(34(37)38)14-23(22)31/h6-16,27H,5H2,1-4H3/b25-15+/t27-/m1/s1. The molecule has 42 heavy (non-hydrogen) atoms. The van der Waals surface area contributed by atoms with Crippen LogP contribution >= 0.6 is 22.9 Å². The highest BCUT2D eigenvalue weighted by atomic mass is 35.5. The van der Waals surface area contributed by atoms with E-state index in [0.29, 0.717) is 50.0 Å². The van der Waals surface area contributed by atoms with Gasteiger partial charge in [0.15, 0.2) is 4.80 Å². The normalized spacial score (nSPS) is 15.0. The Kier molecular flexibility index (Phi) is 8.15. The second-order valence-corrected chi connectivity index (χ2v) is 11.1. The van der Waals surface area contributed by atoms with Crippen LogP contribution in [-0.2, 0) is 9.53 Å². The van der Waals surface area contributed by atoms with Gasteiger partial charge in [-0.3, -0.25) is 19.5 Å². The van der Waals surface area contributed by atoms with Crippen LogP contribution in [0.3, 0.4) is 0 Å². The van der Waals surface area contributed by atoms with Crippen LogP contribution in [0.5, 0.6) is 5.75 Å². The zero-order valence-corrected chi connectivity index (χ0v) is 24.7. The average molecular weight is 608 g/mol. The summed E-state index contributed by atoms with van der Waals surface area (Å²) in [5.41, 5.74) is 1.42. The molecule has 10 nitrogen and oxygen atoms in total. The van der Waals surface area contributed by atoms with Crippen molar-refractivity contribution in [3.8, 4) is 17.1 Å². The van der Waals surface area contributed by atoms with E-state index in [1.54, 1.807) is 51.1 Å². The number of nitrogens with zero attached hydrogens (tertiary/aromatic N) is 3. The predicted octanol–water partition coefficient (Wildman–Crippen LogP) is 5.41. The number of ether oxygens (including phenoxy) is 2. The summed E-state index contributed by atoms with van der Waals surface area (Å²) in [4.78, 5) is 42.7. The lowest BCUT2D eigenvalue weighted by atomic mass is 9.96. The highest BCUT2D eigenvalue weighted by Gasteiger charge is 2.34. The second kappa shape index (κ2) is 11.8. The maximum Gasteiger partial charge on any atom is 0.338 e. The number of halogens is 1. The highest BCUT2D eigenvalue weighted by Crippen LogP contribution is 2.33. The first kappa shape index (κ1) is 29.0. The number of benzene rings is 2. The molecule has 0 aliphatic carbocycles. The number of hydrogen-bond donors (Lipinski definition) is 0. The van der Waals surface area contributed by atoms with E-state index in [1.807, 2.05) is 19.1 Å². The number of furan rings is 1. The molecule has 2 aromatic heterocycles.